The Morgan fingerprint density at radius 1 is 1.30 bits per heavy atom. The number of piperidine rings is 1. The SMILES string of the molecule is Cc1cc2ncc(CN3CCC[C@@H](Oc4ccc(C(=O)NCC(F)F)nc4)C3)cc2[nH]c1=O. The van der Waals surface area contributed by atoms with Crippen molar-refractivity contribution in [1.29, 1.82) is 0 Å². The highest BCUT2D eigenvalue weighted by molar-refractivity contribution is 5.92. The summed E-state index contributed by atoms with van der Waals surface area (Å²) in [4.78, 5) is 37.3. The number of alkyl halides is 2. The van der Waals surface area contributed by atoms with Crippen LogP contribution in [-0.2, 0) is 6.54 Å². The average molecular weight is 457 g/mol. The molecule has 0 radical (unpaired) electrons. The minimum Gasteiger partial charge on any atom is -0.487 e. The Kier molecular flexibility index (Phi) is 6.93. The van der Waals surface area contributed by atoms with E-state index in [0.29, 0.717) is 24.4 Å². The largest absolute Gasteiger partial charge is 0.487 e. The molecule has 1 aliphatic rings. The van der Waals surface area contributed by atoms with Gasteiger partial charge in [-0.15, -0.1) is 0 Å². The van der Waals surface area contributed by atoms with E-state index in [9.17, 15) is 18.4 Å². The fourth-order valence-corrected chi connectivity index (χ4v) is 3.86. The van der Waals surface area contributed by atoms with E-state index in [4.69, 9.17) is 4.74 Å². The lowest BCUT2D eigenvalue weighted by Gasteiger charge is -2.32. The number of rotatable bonds is 7. The lowest BCUT2D eigenvalue weighted by atomic mass is 10.1. The first-order chi connectivity index (χ1) is 15.9. The molecule has 1 atom stereocenters. The second-order valence-corrected chi connectivity index (χ2v) is 8.16. The zero-order valence-electron chi connectivity index (χ0n) is 18.2. The van der Waals surface area contributed by atoms with Crippen LogP contribution in [0.3, 0.4) is 0 Å². The maximum absolute atomic E-state index is 12.2. The number of aromatic amines is 1. The number of nitrogens with zero attached hydrogens (tertiary/aromatic N) is 3. The van der Waals surface area contributed by atoms with Crippen LogP contribution in [0.25, 0.3) is 11.0 Å². The van der Waals surface area contributed by atoms with Gasteiger partial charge in [0.05, 0.1) is 23.8 Å². The van der Waals surface area contributed by atoms with Gasteiger partial charge in [0.2, 0.25) is 0 Å². The van der Waals surface area contributed by atoms with E-state index in [1.54, 1.807) is 19.1 Å². The summed E-state index contributed by atoms with van der Waals surface area (Å²) in [6.07, 6.45) is 2.45. The van der Waals surface area contributed by atoms with Crippen molar-refractivity contribution in [2.75, 3.05) is 19.6 Å². The summed E-state index contributed by atoms with van der Waals surface area (Å²) in [5.41, 5.74) is 3.06. The molecular weight excluding hydrogens is 432 g/mol. The number of nitrogens with one attached hydrogen (secondary N) is 2. The lowest BCUT2D eigenvalue weighted by Crippen LogP contribution is -2.40. The number of carbonyl (C=O) groups is 1. The molecule has 0 aromatic carbocycles. The molecule has 2 N–H and O–H groups in total. The molecule has 1 saturated heterocycles. The second-order valence-electron chi connectivity index (χ2n) is 8.16. The number of aromatic nitrogens is 3. The zero-order chi connectivity index (χ0) is 23.4. The van der Waals surface area contributed by atoms with Crippen molar-refractivity contribution < 1.29 is 18.3 Å². The minimum atomic E-state index is -2.61. The van der Waals surface area contributed by atoms with Crippen molar-refractivity contribution in [3.05, 3.63) is 63.8 Å². The lowest BCUT2D eigenvalue weighted by molar-refractivity contribution is 0.0837. The Morgan fingerprint density at radius 2 is 2.15 bits per heavy atom. The number of likely N-dealkylation sites (tertiary alicyclic amines) is 1. The van der Waals surface area contributed by atoms with Crippen molar-refractivity contribution in [1.82, 2.24) is 25.2 Å². The smallest absolute Gasteiger partial charge is 0.270 e. The molecule has 0 bridgehead atoms. The number of halogens is 2. The molecular formula is C23H25F2N5O3. The summed E-state index contributed by atoms with van der Waals surface area (Å²) in [5, 5.41) is 2.12. The molecule has 3 aromatic rings. The number of carbonyl (C=O) groups excluding carboxylic acids is 1. The molecule has 1 amide bonds. The number of amides is 1. The van der Waals surface area contributed by atoms with E-state index < -0.39 is 18.9 Å². The highest BCUT2D eigenvalue weighted by Crippen LogP contribution is 2.20. The molecule has 1 fully saturated rings. The quantitative estimate of drug-likeness (QED) is 0.566. The minimum absolute atomic E-state index is 0.0464. The average Bonchev–Trinajstić information content (AvgIpc) is 2.79. The molecule has 0 saturated carbocycles. The molecule has 4 heterocycles. The molecule has 174 valence electrons. The first-order valence-corrected chi connectivity index (χ1v) is 10.8. The first-order valence-electron chi connectivity index (χ1n) is 10.8. The Morgan fingerprint density at radius 3 is 2.91 bits per heavy atom. The Bertz CT molecular complexity index is 1180. The van der Waals surface area contributed by atoms with Crippen molar-refractivity contribution in [2.45, 2.75) is 38.8 Å². The fraction of sp³-hybridized carbons (Fsp3) is 0.391. The summed E-state index contributed by atoms with van der Waals surface area (Å²) in [6, 6.07) is 6.81. The third-order valence-corrected chi connectivity index (χ3v) is 5.49. The van der Waals surface area contributed by atoms with E-state index >= 15 is 0 Å². The van der Waals surface area contributed by atoms with E-state index in [2.05, 4.69) is 25.2 Å². The predicted octanol–water partition coefficient (Wildman–Crippen LogP) is 2.66. The maximum atomic E-state index is 12.2. The van der Waals surface area contributed by atoms with Crippen LogP contribution in [0.4, 0.5) is 8.78 Å². The van der Waals surface area contributed by atoms with Crippen LogP contribution < -0.4 is 15.6 Å². The predicted molar refractivity (Wildman–Crippen MR) is 119 cm³/mol. The van der Waals surface area contributed by atoms with Gasteiger partial charge in [-0.25, -0.2) is 13.8 Å². The fourth-order valence-electron chi connectivity index (χ4n) is 3.86. The Labute approximate surface area is 189 Å². The molecule has 10 heteroatoms. The number of H-pyrrole nitrogens is 1. The van der Waals surface area contributed by atoms with Crippen LogP contribution in [-0.4, -0.2) is 57.9 Å². The summed E-state index contributed by atoms with van der Waals surface area (Å²) in [7, 11) is 0. The summed E-state index contributed by atoms with van der Waals surface area (Å²) >= 11 is 0. The molecule has 0 aliphatic carbocycles. The normalized spacial score (nSPS) is 16.8. The van der Waals surface area contributed by atoms with E-state index in [-0.39, 0.29) is 17.4 Å². The highest BCUT2D eigenvalue weighted by Gasteiger charge is 2.22. The highest BCUT2D eigenvalue weighted by atomic mass is 19.3. The third kappa shape index (κ3) is 5.89. The van der Waals surface area contributed by atoms with Gasteiger partial charge in [-0.3, -0.25) is 19.5 Å². The topological polar surface area (TPSA) is 100 Å². The molecule has 0 unspecified atom stereocenters. The van der Waals surface area contributed by atoms with E-state index in [1.165, 1.54) is 12.3 Å². The standard InChI is InChI=1S/C23H25F2N5O3/c1-14-7-19-20(29-22(14)31)8-15(9-26-19)12-30-6-2-3-17(13-30)33-16-4-5-18(27-10-16)23(32)28-11-21(24)25/h4-5,7-10,17,21H,2-3,6,11-13H2,1H3,(H,28,32)(H,29,31)/t17-/m1/s1. The molecule has 1 aliphatic heterocycles. The van der Waals surface area contributed by atoms with Gasteiger partial charge in [0.1, 0.15) is 17.5 Å². The Hall–Kier alpha value is -3.40. The van der Waals surface area contributed by atoms with Gasteiger partial charge in [-0.2, -0.15) is 0 Å². The number of aryl methyl sites for hydroxylation is 1. The van der Waals surface area contributed by atoms with E-state index in [1.807, 2.05) is 12.3 Å². The van der Waals surface area contributed by atoms with Crippen molar-refractivity contribution in [2.24, 2.45) is 0 Å². The summed E-state index contributed by atoms with van der Waals surface area (Å²) in [6.45, 7) is 3.36. The van der Waals surface area contributed by atoms with Gasteiger partial charge < -0.3 is 15.0 Å². The Balaban J connectivity index is 1.35. The van der Waals surface area contributed by atoms with Crippen molar-refractivity contribution in [3.63, 3.8) is 0 Å². The summed E-state index contributed by atoms with van der Waals surface area (Å²) < 4.78 is 30.5. The van der Waals surface area contributed by atoms with Crippen LogP contribution in [0.1, 0.15) is 34.5 Å². The number of fused-ring (bicyclic) bond motifs is 1. The van der Waals surface area contributed by atoms with Gasteiger partial charge in [0.15, 0.2) is 0 Å². The second kappa shape index (κ2) is 10.0. The van der Waals surface area contributed by atoms with Gasteiger partial charge in [-0.1, -0.05) is 0 Å². The van der Waals surface area contributed by atoms with Gasteiger partial charge in [-0.05, 0) is 56.1 Å². The summed E-state index contributed by atoms with van der Waals surface area (Å²) in [5.74, 6) is -0.126. The van der Waals surface area contributed by atoms with Gasteiger partial charge in [0.25, 0.3) is 17.9 Å². The number of pyridine rings is 3. The first kappa shape index (κ1) is 22.8. The zero-order valence-corrected chi connectivity index (χ0v) is 18.2. The molecule has 8 nitrogen and oxygen atoms in total. The van der Waals surface area contributed by atoms with Gasteiger partial charge >= 0.3 is 0 Å². The molecule has 33 heavy (non-hydrogen) atoms. The van der Waals surface area contributed by atoms with Crippen LogP contribution in [0.2, 0.25) is 0 Å². The van der Waals surface area contributed by atoms with Crippen LogP contribution in [0, 0.1) is 6.92 Å². The van der Waals surface area contributed by atoms with E-state index in [0.717, 1.165) is 36.0 Å². The van der Waals surface area contributed by atoms with Crippen molar-refractivity contribution in [3.8, 4) is 5.75 Å². The number of hydrogen-bond donors (Lipinski definition) is 2. The third-order valence-electron chi connectivity index (χ3n) is 5.49. The van der Waals surface area contributed by atoms with Crippen LogP contribution >= 0.6 is 0 Å². The van der Waals surface area contributed by atoms with Crippen LogP contribution in [0.5, 0.6) is 5.75 Å². The number of hydrogen-bond acceptors (Lipinski definition) is 6. The van der Waals surface area contributed by atoms with Crippen molar-refractivity contribution >= 4 is 16.9 Å². The monoisotopic (exact) mass is 457 g/mol. The molecule has 3 aromatic heterocycles. The maximum Gasteiger partial charge on any atom is 0.270 e. The van der Waals surface area contributed by atoms with Crippen LogP contribution in [0.15, 0.2) is 41.5 Å². The molecule has 4 rings (SSSR count). The number of ether oxygens (including phenoxy) is 1. The van der Waals surface area contributed by atoms with Gasteiger partial charge in [0, 0.05) is 24.8 Å². The molecule has 0 spiro atoms.